The van der Waals surface area contributed by atoms with Gasteiger partial charge in [0.2, 0.25) is 5.91 Å². The average molecular weight is 368 g/mol. The van der Waals surface area contributed by atoms with Crippen LogP contribution in [0.15, 0.2) is 42.5 Å². The number of hydrogen-bond acceptors (Lipinski definition) is 3. The number of hydrogen-bond donors (Lipinski definition) is 2. The van der Waals surface area contributed by atoms with Gasteiger partial charge in [-0.05, 0) is 60.6 Å². The van der Waals surface area contributed by atoms with Crippen LogP contribution in [0.4, 0.5) is 4.39 Å². The van der Waals surface area contributed by atoms with Crippen LogP contribution in [0.2, 0.25) is 0 Å². The SMILES string of the molecule is COc1ccc2c(c1)CCCC2NC(=O)C1(Cc2ccccc2F)CNC1. The Kier molecular flexibility index (Phi) is 4.87. The van der Waals surface area contributed by atoms with Gasteiger partial charge in [0.05, 0.1) is 18.6 Å². The second-order valence-corrected chi connectivity index (χ2v) is 7.64. The Morgan fingerprint density at radius 3 is 2.81 bits per heavy atom. The number of aryl methyl sites for hydroxylation is 1. The number of halogens is 1. The van der Waals surface area contributed by atoms with Gasteiger partial charge >= 0.3 is 0 Å². The molecule has 0 bridgehead atoms. The molecular formula is C22H25FN2O2. The van der Waals surface area contributed by atoms with E-state index in [0.717, 1.165) is 25.0 Å². The maximum Gasteiger partial charge on any atom is 0.229 e. The van der Waals surface area contributed by atoms with Crippen LogP contribution in [0.1, 0.15) is 35.6 Å². The molecule has 1 heterocycles. The highest BCUT2D eigenvalue weighted by Crippen LogP contribution is 2.35. The number of amides is 1. The Labute approximate surface area is 159 Å². The fourth-order valence-corrected chi connectivity index (χ4v) is 4.18. The molecule has 142 valence electrons. The van der Waals surface area contributed by atoms with Crippen molar-refractivity contribution in [1.29, 1.82) is 0 Å². The summed E-state index contributed by atoms with van der Waals surface area (Å²) in [6, 6.07) is 12.8. The summed E-state index contributed by atoms with van der Waals surface area (Å²) in [5, 5.41) is 6.45. The van der Waals surface area contributed by atoms with Gasteiger partial charge in [-0.1, -0.05) is 24.3 Å². The first-order chi connectivity index (χ1) is 13.1. The van der Waals surface area contributed by atoms with Gasteiger partial charge in [-0.25, -0.2) is 4.39 Å². The Morgan fingerprint density at radius 1 is 1.30 bits per heavy atom. The molecule has 1 aliphatic carbocycles. The summed E-state index contributed by atoms with van der Waals surface area (Å²) in [7, 11) is 1.67. The van der Waals surface area contributed by atoms with Crippen molar-refractivity contribution >= 4 is 5.91 Å². The van der Waals surface area contributed by atoms with Crippen molar-refractivity contribution in [3.63, 3.8) is 0 Å². The molecule has 0 saturated carbocycles. The Hall–Kier alpha value is -2.40. The van der Waals surface area contributed by atoms with Gasteiger partial charge in [0.15, 0.2) is 0 Å². The second-order valence-electron chi connectivity index (χ2n) is 7.64. The standard InChI is InChI=1S/C22H25FN2O2/c1-27-17-9-10-18-15(11-17)6-4-8-20(18)25-21(26)22(13-24-14-22)12-16-5-2-3-7-19(16)23/h2-3,5,7,9-11,20,24H,4,6,8,12-14H2,1H3,(H,25,26). The largest absolute Gasteiger partial charge is 0.497 e. The second kappa shape index (κ2) is 7.31. The van der Waals surface area contributed by atoms with Gasteiger partial charge in [0.25, 0.3) is 0 Å². The summed E-state index contributed by atoms with van der Waals surface area (Å²) in [4.78, 5) is 13.2. The fraction of sp³-hybridized carbons (Fsp3) is 0.409. The predicted molar refractivity (Wildman–Crippen MR) is 102 cm³/mol. The first kappa shape index (κ1) is 18.0. The van der Waals surface area contributed by atoms with Gasteiger partial charge < -0.3 is 15.4 Å². The van der Waals surface area contributed by atoms with E-state index < -0.39 is 5.41 Å². The number of carbonyl (C=O) groups is 1. The zero-order valence-corrected chi connectivity index (χ0v) is 15.6. The number of fused-ring (bicyclic) bond motifs is 1. The van der Waals surface area contributed by atoms with Crippen molar-refractivity contribution < 1.29 is 13.9 Å². The molecule has 2 N–H and O–H groups in total. The van der Waals surface area contributed by atoms with E-state index in [2.05, 4.69) is 22.8 Å². The van der Waals surface area contributed by atoms with Crippen LogP contribution in [0.25, 0.3) is 0 Å². The normalized spacial score (nSPS) is 20.3. The van der Waals surface area contributed by atoms with Crippen molar-refractivity contribution in [3.8, 4) is 5.75 Å². The van der Waals surface area contributed by atoms with Gasteiger partial charge in [-0.2, -0.15) is 0 Å². The molecule has 0 spiro atoms. The van der Waals surface area contributed by atoms with Gasteiger partial charge in [-0.3, -0.25) is 4.79 Å². The molecule has 27 heavy (non-hydrogen) atoms. The van der Waals surface area contributed by atoms with Crippen LogP contribution in [0.3, 0.4) is 0 Å². The third kappa shape index (κ3) is 3.44. The molecule has 1 unspecified atom stereocenters. The number of benzene rings is 2. The minimum absolute atomic E-state index is 0.00486. The molecule has 1 saturated heterocycles. The van der Waals surface area contributed by atoms with Crippen LogP contribution in [0.5, 0.6) is 5.75 Å². The fourth-order valence-electron chi connectivity index (χ4n) is 4.18. The van der Waals surface area contributed by atoms with E-state index in [-0.39, 0.29) is 17.8 Å². The summed E-state index contributed by atoms with van der Waals surface area (Å²) in [5.74, 6) is 0.616. The molecule has 2 aromatic carbocycles. The number of rotatable bonds is 5. The molecule has 2 aromatic rings. The molecular weight excluding hydrogens is 343 g/mol. The monoisotopic (exact) mass is 368 g/mol. The van der Waals surface area contributed by atoms with Crippen molar-refractivity contribution in [2.24, 2.45) is 5.41 Å². The number of ether oxygens (including phenoxy) is 1. The maximum atomic E-state index is 14.1. The van der Waals surface area contributed by atoms with Crippen molar-refractivity contribution in [2.45, 2.75) is 31.7 Å². The van der Waals surface area contributed by atoms with Crippen molar-refractivity contribution in [2.75, 3.05) is 20.2 Å². The third-order valence-electron chi connectivity index (χ3n) is 5.86. The summed E-state index contributed by atoms with van der Waals surface area (Å²) >= 11 is 0. The van der Waals surface area contributed by atoms with E-state index in [1.54, 1.807) is 19.2 Å². The van der Waals surface area contributed by atoms with Crippen LogP contribution in [0, 0.1) is 11.2 Å². The van der Waals surface area contributed by atoms with E-state index >= 15 is 0 Å². The number of carbonyl (C=O) groups excluding carboxylic acids is 1. The average Bonchev–Trinajstić information content (AvgIpc) is 2.65. The zero-order chi connectivity index (χ0) is 18.9. The molecule has 4 nitrogen and oxygen atoms in total. The smallest absolute Gasteiger partial charge is 0.229 e. The van der Waals surface area contributed by atoms with Crippen LogP contribution >= 0.6 is 0 Å². The molecule has 0 radical (unpaired) electrons. The van der Waals surface area contributed by atoms with E-state index in [1.807, 2.05) is 12.1 Å². The van der Waals surface area contributed by atoms with E-state index in [9.17, 15) is 9.18 Å². The topological polar surface area (TPSA) is 50.4 Å². The summed E-state index contributed by atoms with van der Waals surface area (Å²) in [6.07, 6.45) is 3.37. The van der Waals surface area contributed by atoms with Gasteiger partial charge in [0, 0.05) is 13.1 Å². The lowest BCUT2D eigenvalue weighted by Gasteiger charge is -2.42. The first-order valence-corrected chi connectivity index (χ1v) is 9.53. The molecule has 5 heteroatoms. The Morgan fingerprint density at radius 2 is 2.11 bits per heavy atom. The molecule has 0 aromatic heterocycles. The molecule has 1 fully saturated rings. The minimum atomic E-state index is -0.577. The molecule has 4 rings (SSSR count). The summed E-state index contributed by atoms with van der Waals surface area (Å²) < 4.78 is 19.4. The quantitative estimate of drug-likeness (QED) is 0.852. The van der Waals surface area contributed by atoms with E-state index in [0.29, 0.717) is 25.1 Å². The van der Waals surface area contributed by atoms with Crippen molar-refractivity contribution in [3.05, 3.63) is 65.0 Å². The number of methoxy groups -OCH3 is 1. The third-order valence-corrected chi connectivity index (χ3v) is 5.86. The number of nitrogens with one attached hydrogen (secondary N) is 2. The zero-order valence-electron chi connectivity index (χ0n) is 15.6. The van der Waals surface area contributed by atoms with E-state index in [1.165, 1.54) is 17.2 Å². The minimum Gasteiger partial charge on any atom is -0.497 e. The molecule has 2 aliphatic rings. The lowest BCUT2D eigenvalue weighted by molar-refractivity contribution is -0.134. The van der Waals surface area contributed by atoms with Gasteiger partial charge in [0.1, 0.15) is 11.6 Å². The highest BCUT2D eigenvalue weighted by molar-refractivity contribution is 5.85. The molecule has 1 aliphatic heterocycles. The predicted octanol–water partition coefficient (Wildman–Crippen LogP) is 3.16. The van der Waals surface area contributed by atoms with Gasteiger partial charge in [-0.15, -0.1) is 0 Å². The highest BCUT2D eigenvalue weighted by atomic mass is 19.1. The summed E-state index contributed by atoms with van der Waals surface area (Å²) in [6.45, 7) is 1.16. The van der Waals surface area contributed by atoms with E-state index in [4.69, 9.17) is 4.74 Å². The summed E-state index contributed by atoms with van der Waals surface area (Å²) in [5.41, 5.74) is 2.43. The van der Waals surface area contributed by atoms with Crippen molar-refractivity contribution in [1.82, 2.24) is 10.6 Å². The lowest BCUT2D eigenvalue weighted by Crippen LogP contribution is -2.63. The molecule has 1 atom stereocenters. The highest BCUT2D eigenvalue weighted by Gasteiger charge is 2.45. The van der Waals surface area contributed by atoms with Crippen LogP contribution in [-0.2, 0) is 17.6 Å². The Balaban J connectivity index is 1.53. The van der Waals surface area contributed by atoms with Crippen LogP contribution < -0.4 is 15.4 Å². The molecule has 1 amide bonds. The first-order valence-electron chi connectivity index (χ1n) is 9.53. The van der Waals surface area contributed by atoms with Crippen LogP contribution in [-0.4, -0.2) is 26.1 Å². The lowest BCUT2D eigenvalue weighted by atomic mass is 9.74. The Bertz CT molecular complexity index is 848. The maximum absolute atomic E-state index is 14.1.